The lowest BCUT2D eigenvalue weighted by Gasteiger charge is -2.10. The van der Waals surface area contributed by atoms with E-state index in [0.29, 0.717) is 5.69 Å². The van der Waals surface area contributed by atoms with Crippen molar-refractivity contribution in [3.8, 4) is 0 Å². The van der Waals surface area contributed by atoms with Gasteiger partial charge in [0.25, 0.3) is 0 Å². The molecule has 0 aromatic heterocycles. The minimum atomic E-state index is -0.0470. The van der Waals surface area contributed by atoms with Gasteiger partial charge < -0.3 is 15.9 Å². The molecule has 18 heavy (non-hydrogen) atoms. The van der Waals surface area contributed by atoms with Crippen LogP contribution in [0.5, 0.6) is 0 Å². The number of nitrogen functional groups attached to an aromatic ring is 1. The fraction of sp³-hybridized carbons (Fsp3) is 0.143. The van der Waals surface area contributed by atoms with E-state index in [9.17, 15) is 10.2 Å². The first kappa shape index (κ1) is 13.0. The van der Waals surface area contributed by atoms with Gasteiger partial charge in [-0.15, -0.1) is 0 Å². The summed E-state index contributed by atoms with van der Waals surface area (Å²) in [5, 5.41) is 18.6. The van der Waals surface area contributed by atoms with Crippen molar-refractivity contribution in [2.45, 2.75) is 23.0 Å². The van der Waals surface area contributed by atoms with E-state index in [4.69, 9.17) is 5.73 Å². The number of hydrogen-bond donors (Lipinski definition) is 3. The number of anilines is 1. The van der Waals surface area contributed by atoms with Crippen LogP contribution in [0.15, 0.2) is 52.3 Å². The molecule has 0 saturated carbocycles. The van der Waals surface area contributed by atoms with Gasteiger partial charge >= 0.3 is 0 Å². The van der Waals surface area contributed by atoms with Crippen LogP contribution in [0.2, 0.25) is 0 Å². The number of aliphatic hydroxyl groups is 2. The number of aliphatic hydroxyl groups excluding tert-OH is 2. The minimum Gasteiger partial charge on any atom is -0.399 e. The lowest BCUT2D eigenvalue weighted by Crippen LogP contribution is -1.93. The SMILES string of the molecule is Nc1ccc(Sc2ccccc2CO)c(CO)c1. The molecule has 0 aliphatic carbocycles. The highest BCUT2D eigenvalue weighted by molar-refractivity contribution is 7.99. The van der Waals surface area contributed by atoms with Gasteiger partial charge in [0.1, 0.15) is 0 Å². The van der Waals surface area contributed by atoms with Crippen molar-refractivity contribution in [1.82, 2.24) is 0 Å². The molecule has 94 valence electrons. The van der Waals surface area contributed by atoms with E-state index in [1.807, 2.05) is 36.4 Å². The van der Waals surface area contributed by atoms with Crippen molar-refractivity contribution in [3.05, 3.63) is 53.6 Å². The standard InChI is InChI=1S/C14H15NO2S/c15-12-5-6-14(11(7-12)9-17)18-13-4-2-1-3-10(13)8-16/h1-7,16-17H,8-9,15H2. The Kier molecular flexibility index (Phi) is 4.25. The van der Waals surface area contributed by atoms with Crippen LogP contribution in [0.1, 0.15) is 11.1 Å². The van der Waals surface area contributed by atoms with Gasteiger partial charge in [-0.05, 0) is 35.4 Å². The van der Waals surface area contributed by atoms with E-state index in [-0.39, 0.29) is 13.2 Å². The summed E-state index contributed by atoms with van der Waals surface area (Å²) < 4.78 is 0. The molecule has 0 unspecified atom stereocenters. The quantitative estimate of drug-likeness (QED) is 0.739. The average Bonchev–Trinajstić information content (AvgIpc) is 2.41. The summed E-state index contributed by atoms with van der Waals surface area (Å²) in [6, 6.07) is 13.1. The van der Waals surface area contributed by atoms with Crippen molar-refractivity contribution in [3.63, 3.8) is 0 Å². The molecule has 0 saturated heterocycles. The summed E-state index contributed by atoms with van der Waals surface area (Å²) in [5.41, 5.74) is 8.01. The summed E-state index contributed by atoms with van der Waals surface area (Å²) in [6.45, 7) is -0.0404. The van der Waals surface area contributed by atoms with E-state index >= 15 is 0 Å². The van der Waals surface area contributed by atoms with E-state index in [1.165, 1.54) is 11.8 Å². The molecule has 0 spiro atoms. The van der Waals surface area contributed by atoms with Crippen LogP contribution >= 0.6 is 11.8 Å². The molecule has 0 fully saturated rings. The third-order valence-corrected chi connectivity index (χ3v) is 3.85. The first-order valence-corrected chi connectivity index (χ1v) is 6.42. The second kappa shape index (κ2) is 5.91. The molecule has 0 aliphatic rings. The first-order valence-electron chi connectivity index (χ1n) is 5.60. The highest BCUT2D eigenvalue weighted by atomic mass is 32.2. The van der Waals surface area contributed by atoms with Crippen molar-refractivity contribution < 1.29 is 10.2 Å². The molecule has 0 aliphatic heterocycles. The Morgan fingerprint density at radius 2 is 1.56 bits per heavy atom. The summed E-state index contributed by atoms with van der Waals surface area (Å²) in [4.78, 5) is 1.94. The fourth-order valence-electron chi connectivity index (χ4n) is 1.67. The van der Waals surface area contributed by atoms with Crippen LogP contribution in [0.25, 0.3) is 0 Å². The monoisotopic (exact) mass is 261 g/mol. The van der Waals surface area contributed by atoms with Crippen molar-refractivity contribution in [1.29, 1.82) is 0 Å². The molecule has 0 atom stereocenters. The van der Waals surface area contributed by atoms with Gasteiger partial charge in [-0.25, -0.2) is 0 Å². The summed E-state index contributed by atoms with van der Waals surface area (Å²) in [5.74, 6) is 0. The Labute approximate surface area is 110 Å². The van der Waals surface area contributed by atoms with Crippen LogP contribution < -0.4 is 5.73 Å². The third kappa shape index (κ3) is 2.85. The average molecular weight is 261 g/mol. The molecule has 4 heteroatoms. The van der Waals surface area contributed by atoms with Gasteiger partial charge in [0.05, 0.1) is 13.2 Å². The molecule has 3 nitrogen and oxygen atoms in total. The van der Waals surface area contributed by atoms with Gasteiger partial charge in [0.2, 0.25) is 0 Å². The van der Waals surface area contributed by atoms with Gasteiger partial charge in [0.15, 0.2) is 0 Å². The lowest BCUT2D eigenvalue weighted by atomic mass is 10.2. The summed E-state index contributed by atoms with van der Waals surface area (Å²) in [6.07, 6.45) is 0. The number of hydrogen-bond acceptors (Lipinski definition) is 4. The van der Waals surface area contributed by atoms with Crippen molar-refractivity contribution >= 4 is 17.4 Å². The summed E-state index contributed by atoms with van der Waals surface area (Å²) in [7, 11) is 0. The molecule has 0 radical (unpaired) electrons. The molecule has 2 aromatic rings. The van der Waals surface area contributed by atoms with E-state index < -0.39 is 0 Å². The maximum Gasteiger partial charge on any atom is 0.0693 e. The highest BCUT2D eigenvalue weighted by Crippen LogP contribution is 2.33. The van der Waals surface area contributed by atoms with E-state index in [1.54, 1.807) is 6.07 Å². The Balaban J connectivity index is 2.33. The smallest absolute Gasteiger partial charge is 0.0693 e. The molecule has 0 heterocycles. The number of nitrogens with two attached hydrogens (primary N) is 1. The second-order valence-electron chi connectivity index (χ2n) is 3.89. The van der Waals surface area contributed by atoms with Crippen LogP contribution in [-0.2, 0) is 13.2 Å². The maximum absolute atomic E-state index is 9.33. The van der Waals surface area contributed by atoms with Crippen molar-refractivity contribution in [2.75, 3.05) is 5.73 Å². The first-order chi connectivity index (χ1) is 8.74. The number of benzene rings is 2. The molecular weight excluding hydrogens is 246 g/mol. The van der Waals surface area contributed by atoms with Crippen LogP contribution in [0.3, 0.4) is 0 Å². The van der Waals surface area contributed by atoms with Gasteiger partial charge in [-0.1, -0.05) is 30.0 Å². The van der Waals surface area contributed by atoms with Crippen LogP contribution in [0.4, 0.5) is 5.69 Å². The number of rotatable bonds is 4. The zero-order valence-electron chi connectivity index (χ0n) is 9.84. The lowest BCUT2D eigenvalue weighted by molar-refractivity contribution is 0.278. The highest BCUT2D eigenvalue weighted by Gasteiger charge is 2.07. The van der Waals surface area contributed by atoms with Crippen LogP contribution in [0, 0.1) is 0 Å². The largest absolute Gasteiger partial charge is 0.399 e. The fourth-order valence-corrected chi connectivity index (χ4v) is 2.71. The Morgan fingerprint density at radius 1 is 0.889 bits per heavy atom. The van der Waals surface area contributed by atoms with E-state index in [2.05, 4.69) is 0 Å². The maximum atomic E-state index is 9.33. The zero-order valence-corrected chi connectivity index (χ0v) is 10.7. The predicted molar refractivity (Wildman–Crippen MR) is 73.3 cm³/mol. The molecule has 2 rings (SSSR count). The zero-order chi connectivity index (χ0) is 13.0. The second-order valence-corrected chi connectivity index (χ2v) is 4.98. The van der Waals surface area contributed by atoms with Gasteiger partial charge in [-0.3, -0.25) is 0 Å². The summed E-state index contributed by atoms with van der Waals surface area (Å²) >= 11 is 1.52. The Morgan fingerprint density at radius 3 is 2.28 bits per heavy atom. The van der Waals surface area contributed by atoms with Crippen LogP contribution in [-0.4, -0.2) is 10.2 Å². The topological polar surface area (TPSA) is 66.5 Å². The van der Waals surface area contributed by atoms with E-state index in [0.717, 1.165) is 20.9 Å². The normalized spacial score (nSPS) is 10.6. The molecule has 4 N–H and O–H groups in total. The molecule has 2 aromatic carbocycles. The van der Waals surface area contributed by atoms with Gasteiger partial charge in [0, 0.05) is 15.5 Å². The van der Waals surface area contributed by atoms with Crippen molar-refractivity contribution in [2.24, 2.45) is 0 Å². The Bertz CT molecular complexity index is 543. The molecule has 0 amide bonds. The Hall–Kier alpha value is -1.49. The predicted octanol–water partition coefficient (Wildman–Crippen LogP) is 2.40. The molecule has 0 bridgehead atoms. The third-order valence-electron chi connectivity index (χ3n) is 2.62. The molecular formula is C14H15NO2S. The van der Waals surface area contributed by atoms with Gasteiger partial charge in [-0.2, -0.15) is 0 Å². The minimum absolute atomic E-state index is 0.00655.